The van der Waals surface area contributed by atoms with E-state index in [1.54, 1.807) is 7.11 Å². The Hall–Kier alpha value is -1.03. The van der Waals surface area contributed by atoms with Crippen LogP contribution in [-0.2, 0) is 0 Å². The summed E-state index contributed by atoms with van der Waals surface area (Å²) < 4.78 is 6.15. The summed E-state index contributed by atoms with van der Waals surface area (Å²) in [6, 6.07) is 5.74. The Kier molecular flexibility index (Phi) is 4.64. The number of benzene rings is 1. The summed E-state index contributed by atoms with van der Waals surface area (Å²) in [4.78, 5) is 4.56. The number of hydrogen-bond donors (Lipinski definition) is 1. The number of methoxy groups -OCH3 is 1. The lowest BCUT2D eigenvalue weighted by atomic mass is 9.88. The molecule has 18 heavy (non-hydrogen) atoms. The van der Waals surface area contributed by atoms with Gasteiger partial charge in [0.05, 0.1) is 12.8 Å². The molecule has 2 N–H and O–H groups in total. The summed E-state index contributed by atoms with van der Waals surface area (Å²) in [6.45, 7) is 0. The van der Waals surface area contributed by atoms with Gasteiger partial charge >= 0.3 is 0 Å². The van der Waals surface area contributed by atoms with Gasteiger partial charge in [0, 0.05) is 16.5 Å². The van der Waals surface area contributed by atoms with Crippen molar-refractivity contribution in [2.45, 2.75) is 32.1 Å². The Morgan fingerprint density at radius 1 is 1.33 bits per heavy atom. The molecule has 0 saturated heterocycles. The van der Waals surface area contributed by atoms with E-state index in [4.69, 9.17) is 10.5 Å². The highest BCUT2D eigenvalue weighted by molar-refractivity contribution is 9.10. The molecule has 1 fully saturated rings. The smallest absolute Gasteiger partial charge is 0.121 e. The molecule has 3 nitrogen and oxygen atoms in total. The molecule has 0 bridgehead atoms. The van der Waals surface area contributed by atoms with Gasteiger partial charge in [-0.15, -0.1) is 0 Å². The maximum Gasteiger partial charge on any atom is 0.121 e. The van der Waals surface area contributed by atoms with Crippen molar-refractivity contribution in [3.8, 4) is 5.75 Å². The average molecular weight is 311 g/mol. The van der Waals surface area contributed by atoms with Crippen LogP contribution in [0.25, 0.3) is 0 Å². The van der Waals surface area contributed by atoms with Crippen LogP contribution in [0, 0.1) is 5.92 Å². The van der Waals surface area contributed by atoms with Crippen LogP contribution in [-0.4, -0.2) is 12.9 Å². The third-order valence-electron chi connectivity index (χ3n) is 3.43. The molecule has 0 radical (unpaired) electrons. The lowest BCUT2D eigenvalue weighted by Gasteiger charge is -2.21. The van der Waals surface area contributed by atoms with Gasteiger partial charge in [-0.2, -0.15) is 0 Å². The molecule has 2 rings (SSSR count). The first-order valence-electron chi connectivity index (χ1n) is 6.38. The highest BCUT2D eigenvalue weighted by Gasteiger charge is 2.17. The van der Waals surface area contributed by atoms with Crippen LogP contribution >= 0.6 is 15.9 Å². The first-order valence-corrected chi connectivity index (χ1v) is 7.17. The van der Waals surface area contributed by atoms with E-state index in [2.05, 4.69) is 20.9 Å². The van der Waals surface area contributed by atoms with E-state index >= 15 is 0 Å². The Balaban J connectivity index is 2.19. The molecule has 98 valence electrons. The molecule has 0 unspecified atom stereocenters. The van der Waals surface area contributed by atoms with E-state index in [0.29, 0.717) is 5.92 Å². The summed E-state index contributed by atoms with van der Waals surface area (Å²) in [5.74, 6) is 1.99. The van der Waals surface area contributed by atoms with Crippen molar-refractivity contribution in [2.24, 2.45) is 16.6 Å². The van der Waals surface area contributed by atoms with Crippen molar-refractivity contribution >= 4 is 27.5 Å². The lowest BCUT2D eigenvalue weighted by molar-refractivity contribution is 0.415. The fraction of sp³-hybridized carbons (Fsp3) is 0.500. The van der Waals surface area contributed by atoms with Crippen molar-refractivity contribution < 1.29 is 4.74 Å². The van der Waals surface area contributed by atoms with Gasteiger partial charge in [-0.1, -0.05) is 19.3 Å². The summed E-state index contributed by atoms with van der Waals surface area (Å²) in [6.07, 6.45) is 6.18. The topological polar surface area (TPSA) is 47.6 Å². The fourth-order valence-corrected chi connectivity index (χ4v) is 2.67. The van der Waals surface area contributed by atoms with E-state index < -0.39 is 0 Å². The normalized spacial score (nSPS) is 17.8. The lowest BCUT2D eigenvalue weighted by Crippen LogP contribution is -2.25. The van der Waals surface area contributed by atoms with Gasteiger partial charge in [0.15, 0.2) is 0 Å². The predicted octanol–water partition coefficient (Wildman–Crippen LogP) is 4.03. The highest BCUT2D eigenvalue weighted by Crippen LogP contribution is 2.31. The first kappa shape index (κ1) is 13.4. The number of hydrogen-bond acceptors (Lipinski definition) is 2. The molecule has 1 aromatic carbocycles. The first-order chi connectivity index (χ1) is 8.70. The van der Waals surface area contributed by atoms with Crippen LogP contribution in [0.3, 0.4) is 0 Å². The van der Waals surface area contributed by atoms with Crippen molar-refractivity contribution in [3.05, 3.63) is 22.7 Å². The van der Waals surface area contributed by atoms with Gasteiger partial charge in [-0.05, 0) is 40.9 Å². The monoisotopic (exact) mass is 310 g/mol. The van der Waals surface area contributed by atoms with E-state index in [9.17, 15) is 0 Å². The molecule has 0 atom stereocenters. The Labute approximate surface area is 117 Å². The molecular weight excluding hydrogens is 292 g/mol. The number of aliphatic imine (C=N–C) groups is 1. The minimum Gasteiger partial charge on any atom is -0.497 e. The highest BCUT2D eigenvalue weighted by atomic mass is 79.9. The van der Waals surface area contributed by atoms with Crippen LogP contribution in [0.1, 0.15) is 32.1 Å². The zero-order chi connectivity index (χ0) is 13.0. The van der Waals surface area contributed by atoms with Gasteiger partial charge in [-0.3, -0.25) is 0 Å². The molecule has 4 heteroatoms. The fourth-order valence-electron chi connectivity index (χ4n) is 2.33. The minimum absolute atomic E-state index is 0.442. The number of nitrogens with zero attached hydrogens (tertiary/aromatic N) is 1. The molecule has 0 heterocycles. The Bertz CT molecular complexity index is 439. The molecular formula is C14H19BrN2O. The second-order valence-electron chi connectivity index (χ2n) is 4.69. The third kappa shape index (κ3) is 3.25. The molecule has 0 aromatic heterocycles. The van der Waals surface area contributed by atoms with E-state index in [0.717, 1.165) is 34.6 Å². The van der Waals surface area contributed by atoms with E-state index in [-0.39, 0.29) is 0 Å². The standard InChI is InChI=1S/C14H19BrN2O/c1-18-11-7-8-12(15)13(9-11)17-14(16)10-5-3-2-4-6-10/h7-10H,2-6H2,1H3,(H2,16,17). The molecule has 1 aliphatic carbocycles. The second kappa shape index (κ2) is 6.23. The van der Waals surface area contributed by atoms with Crippen LogP contribution in [0.15, 0.2) is 27.7 Å². The van der Waals surface area contributed by atoms with Gasteiger partial charge in [0.25, 0.3) is 0 Å². The third-order valence-corrected chi connectivity index (χ3v) is 4.10. The van der Waals surface area contributed by atoms with Gasteiger partial charge in [0.1, 0.15) is 11.6 Å². The van der Waals surface area contributed by atoms with Crippen LogP contribution in [0.4, 0.5) is 5.69 Å². The Morgan fingerprint density at radius 2 is 2.06 bits per heavy atom. The largest absolute Gasteiger partial charge is 0.497 e. The van der Waals surface area contributed by atoms with E-state index in [1.165, 1.54) is 19.3 Å². The average Bonchev–Trinajstić information content (AvgIpc) is 2.42. The zero-order valence-electron chi connectivity index (χ0n) is 10.7. The van der Waals surface area contributed by atoms with E-state index in [1.807, 2.05) is 18.2 Å². The maximum atomic E-state index is 6.13. The van der Waals surface area contributed by atoms with Gasteiger partial charge in [0.2, 0.25) is 0 Å². The van der Waals surface area contributed by atoms with Gasteiger partial charge < -0.3 is 10.5 Å². The number of ether oxygens (including phenoxy) is 1. The number of halogens is 1. The summed E-state index contributed by atoms with van der Waals surface area (Å²) in [5, 5.41) is 0. The van der Waals surface area contributed by atoms with Crippen LogP contribution in [0.2, 0.25) is 0 Å². The summed E-state index contributed by atoms with van der Waals surface area (Å²) in [5.41, 5.74) is 6.97. The van der Waals surface area contributed by atoms with Crippen molar-refractivity contribution in [3.63, 3.8) is 0 Å². The van der Waals surface area contributed by atoms with Crippen molar-refractivity contribution in [2.75, 3.05) is 7.11 Å². The maximum absolute atomic E-state index is 6.13. The zero-order valence-corrected chi connectivity index (χ0v) is 12.2. The molecule has 0 spiro atoms. The van der Waals surface area contributed by atoms with Crippen molar-refractivity contribution in [1.82, 2.24) is 0 Å². The number of rotatable bonds is 3. The summed E-state index contributed by atoms with van der Waals surface area (Å²) in [7, 11) is 1.65. The predicted molar refractivity (Wildman–Crippen MR) is 78.6 cm³/mol. The number of nitrogens with two attached hydrogens (primary N) is 1. The quantitative estimate of drug-likeness (QED) is 0.677. The molecule has 0 aliphatic heterocycles. The molecule has 1 saturated carbocycles. The SMILES string of the molecule is COc1ccc(Br)c(N=C(N)C2CCCCC2)c1. The van der Waals surface area contributed by atoms with Crippen molar-refractivity contribution in [1.29, 1.82) is 0 Å². The van der Waals surface area contributed by atoms with Crippen LogP contribution < -0.4 is 10.5 Å². The molecule has 0 amide bonds. The molecule has 1 aromatic rings. The minimum atomic E-state index is 0.442. The second-order valence-corrected chi connectivity index (χ2v) is 5.54. The summed E-state index contributed by atoms with van der Waals surface area (Å²) >= 11 is 3.49. The van der Waals surface area contributed by atoms with Gasteiger partial charge in [-0.25, -0.2) is 4.99 Å². The Morgan fingerprint density at radius 3 is 2.72 bits per heavy atom. The number of amidine groups is 1. The van der Waals surface area contributed by atoms with Crippen LogP contribution in [0.5, 0.6) is 5.75 Å². The molecule has 1 aliphatic rings.